The number of carbonyl (C=O) groups excluding carboxylic acids is 4. The maximum absolute atomic E-state index is 12.7. The molecule has 12 nitrogen and oxygen atoms in total. The monoisotopic (exact) mass is 577 g/mol. The van der Waals surface area contributed by atoms with Gasteiger partial charge in [-0.3, -0.25) is 9.69 Å². The number of benzene rings is 1. The molecule has 0 bridgehead atoms. The molecule has 0 aromatic heterocycles. The Balaban J connectivity index is 1.40. The summed E-state index contributed by atoms with van der Waals surface area (Å²) < 4.78 is 32.6. The Kier molecular flexibility index (Phi) is 10.9. The lowest BCUT2D eigenvalue weighted by Gasteiger charge is -2.28. The van der Waals surface area contributed by atoms with Gasteiger partial charge in [-0.2, -0.15) is 0 Å². The summed E-state index contributed by atoms with van der Waals surface area (Å²) in [5, 5.41) is 8.02. The fourth-order valence-electron chi connectivity index (χ4n) is 4.87. The second kappa shape index (κ2) is 14.1. The Hall–Kier alpha value is -3.61. The predicted octanol–water partition coefficient (Wildman–Crippen LogP) is 2.80. The highest BCUT2D eigenvalue weighted by atomic mass is 32.2. The highest BCUT2D eigenvalue weighted by Gasteiger charge is 2.31. The molecule has 0 atom stereocenters. The molecule has 1 aliphatic heterocycles. The quantitative estimate of drug-likeness (QED) is 0.332. The lowest BCUT2D eigenvalue weighted by molar-refractivity contribution is -0.123. The maximum atomic E-state index is 12.7. The molecule has 0 unspecified atom stereocenters. The lowest BCUT2D eigenvalue weighted by atomic mass is 9.86. The Morgan fingerprint density at radius 2 is 1.70 bits per heavy atom. The van der Waals surface area contributed by atoms with Gasteiger partial charge in [-0.25, -0.2) is 27.5 Å². The number of urea groups is 2. The zero-order valence-corrected chi connectivity index (χ0v) is 24.1. The van der Waals surface area contributed by atoms with Crippen LogP contribution in [0.3, 0.4) is 0 Å². The van der Waals surface area contributed by atoms with Crippen LogP contribution in [0.25, 0.3) is 0 Å². The van der Waals surface area contributed by atoms with Gasteiger partial charge in [-0.15, -0.1) is 0 Å². The molecule has 1 aromatic carbocycles. The van der Waals surface area contributed by atoms with Gasteiger partial charge in [0.2, 0.25) is 0 Å². The number of hydrogen-bond acceptors (Lipinski definition) is 7. The number of ether oxygens (including phenoxy) is 1. The normalized spacial score (nSPS) is 19.3. The van der Waals surface area contributed by atoms with Gasteiger partial charge < -0.3 is 20.7 Å². The fourth-order valence-corrected chi connectivity index (χ4v) is 5.78. The number of alkyl carbamates (subject to hydrolysis) is 1. The molecule has 1 fully saturated rings. The first-order chi connectivity index (χ1) is 19.0. The van der Waals surface area contributed by atoms with Crippen molar-refractivity contribution in [1.29, 1.82) is 0 Å². The Bertz CT molecular complexity index is 1220. The van der Waals surface area contributed by atoms with E-state index in [4.69, 9.17) is 4.74 Å². The summed E-state index contributed by atoms with van der Waals surface area (Å²) in [6, 6.07) is 4.62. The molecule has 1 aliphatic carbocycles. The summed E-state index contributed by atoms with van der Waals surface area (Å²) >= 11 is 0. The summed E-state index contributed by atoms with van der Waals surface area (Å²) in [7, 11) is -4.07. The third-order valence-corrected chi connectivity index (χ3v) is 8.46. The molecule has 3 rings (SSSR count). The summed E-state index contributed by atoms with van der Waals surface area (Å²) in [6.45, 7) is 6.91. The standard InChI is InChI=1S/C27H39N5O7S/c1-4-23-18(3)16-32(24(23)33)26(35)29-15-14-19-8-12-22(13-9-19)40(37,38)31-25(34)30-21-10-6-20(7-11-21)17-39-27(36)28-5-2/h8-9,12-13,20-21H,4-7,10-11,14-17H2,1-3H3,(H,28,36)(H,29,35)(H2,30,31,34). The molecule has 220 valence electrons. The first-order valence-electron chi connectivity index (χ1n) is 13.6. The van der Waals surface area contributed by atoms with Gasteiger partial charge >= 0.3 is 18.2 Å². The van der Waals surface area contributed by atoms with E-state index >= 15 is 0 Å². The van der Waals surface area contributed by atoms with Crippen molar-refractivity contribution in [3.8, 4) is 0 Å². The Morgan fingerprint density at radius 3 is 2.30 bits per heavy atom. The summed E-state index contributed by atoms with van der Waals surface area (Å²) in [5.74, 6) is -0.0590. The number of amides is 6. The van der Waals surface area contributed by atoms with Crippen molar-refractivity contribution in [1.82, 2.24) is 25.6 Å². The van der Waals surface area contributed by atoms with Crippen LogP contribution in [0, 0.1) is 5.92 Å². The zero-order valence-electron chi connectivity index (χ0n) is 23.2. The molecule has 0 saturated heterocycles. The molecule has 0 spiro atoms. The number of rotatable bonds is 10. The fraction of sp³-hybridized carbons (Fsp3) is 0.556. The van der Waals surface area contributed by atoms with E-state index in [0.29, 0.717) is 44.4 Å². The highest BCUT2D eigenvalue weighted by molar-refractivity contribution is 7.90. The van der Waals surface area contributed by atoms with Gasteiger partial charge in [0.15, 0.2) is 0 Å². The Morgan fingerprint density at radius 1 is 1.02 bits per heavy atom. The van der Waals surface area contributed by atoms with E-state index in [1.54, 1.807) is 12.1 Å². The van der Waals surface area contributed by atoms with Crippen molar-refractivity contribution in [3.05, 3.63) is 41.0 Å². The van der Waals surface area contributed by atoms with Gasteiger partial charge in [0.05, 0.1) is 18.0 Å². The van der Waals surface area contributed by atoms with Crippen LogP contribution in [-0.2, 0) is 26.0 Å². The lowest BCUT2D eigenvalue weighted by Crippen LogP contribution is -2.45. The van der Waals surface area contributed by atoms with E-state index < -0.39 is 28.2 Å². The number of carbonyl (C=O) groups is 4. The minimum atomic E-state index is -4.07. The molecular formula is C27H39N5O7S. The summed E-state index contributed by atoms with van der Waals surface area (Å²) in [5.41, 5.74) is 2.35. The van der Waals surface area contributed by atoms with Gasteiger partial charge in [-0.05, 0) is 81.6 Å². The molecule has 6 amide bonds. The minimum Gasteiger partial charge on any atom is -0.449 e. The van der Waals surface area contributed by atoms with Crippen LogP contribution in [0.1, 0.15) is 58.4 Å². The van der Waals surface area contributed by atoms with Crippen molar-refractivity contribution < 1.29 is 32.3 Å². The van der Waals surface area contributed by atoms with Gasteiger partial charge in [0, 0.05) is 24.7 Å². The number of hydrogen-bond donors (Lipinski definition) is 4. The van der Waals surface area contributed by atoms with Crippen LogP contribution in [-0.4, -0.2) is 69.7 Å². The van der Waals surface area contributed by atoms with Crippen molar-refractivity contribution in [3.63, 3.8) is 0 Å². The topological polar surface area (TPSA) is 163 Å². The zero-order chi connectivity index (χ0) is 29.3. The molecule has 4 N–H and O–H groups in total. The van der Waals surface area contributed by atoms with E-state index in [0.717, 1.165) is 24.0 Å². The molecular weight excluding hydrogens is 538 g/mol. The third kappa shape index (κ3) is 8.44. The van der Waals surface area contributed by atoms with E-state index in [2.05, 4.69) is 20.7 Å². The average molecular weight is 578 g/mol. The predicted molar refractivity (Wildman–Crippen MR) is 148 cm³/mol. The second-order valence-corrected chi connectivity index (χ2v) is 11.7. The van der Waals surface area contributed by atoms with Crippen LogP contribution in [0.4, 0.5) is 14.4 Å². The number of sulfonamides is 1. The van der Waals surface area contributed by atoms with E-state index in [1.807, 2.05) is 20.8 Å². The van der Waals surface area contributed by atoms with Gasteiger partial charge in [0.1, 0.15) is 0 Å². The molecule has 2 aliphatic rings. The van der Waals surface area contributed by atoms with E-state index in [1.165, 1.54) is 17.0 Å². The maximum Gasteiger partial charge on any atom is 0.407 e. The minimum absolute atomic E-state index is 0.0574. The summed E-state index contributed by atoms with van der Waals surface area (Å²) in [6.07, 6.45) is 3.40. The molecule has 1 heterocycles. The smallest absolute Gasteiger partial charge is 0.407 e. The second-order valence-electron chi connectivity index (χ2n) is 10.1. The average Bonchev–Trinajstić information content (AvgIpc) is 3.21. The van der Waals surface area contributed by atoms with Crippen LogP contribution in [0.2, 0.25) is 0 Å². The van der Waals surface area contributed by atoms with Crippen LogP contribution < -0.4 is 20.7 Å². The Labute approximate surface area is 235 Å². The van der Waals surface area contributed by atoms with E-state index in [9.17, 15) is 27.6 Å². The van der Waals surface area contributed by atoms with Crippen molar-refractivity contribution >= 4 is 34.1 Å². The largest absolute Gasteiger partial charge is 0.449 e. The molecule has 0 radical (unpaired) electrons. The first-order valence-corrected chi connectivity index (χ1v) is 15.1. The van der Waals surface area contributed by atoms with Gasteiger partial charge in [-0.1, -0.05) is 19.1 Å². The van der Waals surface area contributed by atoms with E-state index in [-0.39, 0.29) is 35.9 Å². The van der Waals surface area contributed by atoms with Crippen molar-refractivity contribution in [2.45, 2.75) is 70.2 Å². The number of nitrogens with zero attached hydrogens (tertiary/aromatic N) is 1. The molecule has 13 heteroatoms. The molecule has 1 saturated carbocycles. The SMILES string of the molecule is CCNC(=O)OCC1CCC(NC(=O)NS(=O)(=O)c2ccc(CCNC(=O)N3CC(C)=C(CC)C3=O)cc2)CC1. The highest BCUT2D eigenvalue weighted by Crippen LogP contribution is 2.25. The van der Waals surface area contributed by atoms with Gasteiger partial charge in [0.25, 0.3) is 15.9 Å². The molecule has 40 heavy (non-hydrogen) atoms. The number of nitrogens with one attached hydrogen (secondary N) is 4. The van der Waals surface area contributed by atoms with Crippen LogP contribution >= 0.6 is 0 Å². The summed E-state index contributed by atoms with van der Waals surface area (Å²) in [4.78, 5) is 49.7. The van der Waals surface area contributed by atoms with Crippen LogP contribution in [0.5, 0.6) is 0 Å². The van der Waals surface area contributed by atoms with Crippen molar-refractivity contribution in [2.24, 2.45) is 5.92 Å². The van der Waals surface area contributed by atoms with Crippen LogP contribution in [0.15, 0.2) is 40.3 Å². The number of imide groups is 1. The van der Waals surface area contributed by atoms with Crippen molar-refractivity contribution in [2.75, 3.05) is 26.2 Å². The first kappa shape index (κ1) is 30.9. The molecule has 1 aromatic rings. The third-order valence-electron chi connectivity index (χ3n) is 7.12.